The van der Waals surface area contributed by atoms with Crippen molar-refractivity contribution in [3.63, 3.8) is 0 Å². The first-order valence-electron chi connectivity index (χ1n) is 6.56. The second-order valence-electron chi connectivity index (χ2n) is 4.96. The Morgan fingerprint density at radius 3 is 2.17 bits per heavy atom. The number of hydrogen-bond donors (Lipinski definition) is 1. The van der Waals surface area contributed by atoms with Crippen LogP contribution in [0.3, 0.4) is 0 Å². The maximum atomic E-state index is 4.29. The fourth-order valence-electron chi connectivity index (χ4n) is 2.33. The second kappa shape index (κ2) is 6.34. The Kier molecular flexibility index (Phi) is 4.78. The van der Waals surface area contributed by atoms with Crippen LogP contribution in [0.25, 0.3) is 0 Å². The van der Waals surface area contributed by atoms with Crippen molar-refractivity contribution in [2.24, 2.45) is 0 Å². The van der Waals surface area contributed by atoms with Crippen LogP contribution in [0.2, 0.25) is 0 Å². The lowest BCUT2D eigenvalue weighted by molar-refractivity contribution is 0.273. The number of rotatable bonds is 4. The predicted molar refractivity (Wildman–Crippen MR) is 83.3 cm³/mol. The Bertz CT molecular complexity index is 356. The van der Waals surface area contributed by atoms with Gasteiger partial charge in [0.2, 0.25) is 0 Å². The number of hydrogen-bond acceptors (Lipinski definition) is 4. The molecule has 1 aliphatic rings. The summed E-state index contributed by atoms with van der Waals surface area (Å²) in [5.74, 6) is 0.956. The van der Waals surface area contributed by atoms with Gasteiger partial charge in [-0.2, -0.15) is 12.6 Å². The topological polar surface area (TPSA) is 9.72 Å². The number of piperazine rings is 1. The van der Waals surface area contributed by atoms with E-state index in [1.165, 1.54) is 11.4 Å². The van der Waals surface area contributed by atoms with Crippen LogP contribution in [0.1, 0.15) is 0 Å². The van der Waals surface area contributed by atoms with Crippen molar-refractivity contribution in [1.82, 2.24) is 4.90 Å². The first-order valence-corrected chi connectivity index (χ1v) is 7.19. The van der Waals surface area contributed by atoms with Crippen molar-refractivity contribution < 1.29 is 0 Å². The molecule has 1 fully saturated rings. The largest absolute Gasteiger partial charge is 0.378 e. The molecule has 0 N–H and O–H groups in total. The molecule has 1 aromatic rings. The van der Waals surface area contributed by atoms with Crippen molar-refractivity contribution in [3.05, 3.63) is 24.3 Å². The number of nitrogens with zero attached hydrogens (tertiary/aromatic N) is 3. The SMILES string of the molecule is CN(C)c1ccc(N2CCN(CCS)CC2)cc1. The molecule has 0 bridgehead atoms. The molecule has 0 atom stereocenters. The normalized spacial score (nSPS) is 16.9. The van der Waals surface area contributed by atoms with Gasteiger partial charge in [-0.25, -0.2) is 0 Å². The monoisotopic (exact) mass is 265 g/mol. The summed E-state index contributed by atoms with van der Waals surface area (Å²) in [6.45, 7) is 5.65. The Labute approximate surface area is 116 Å². The van der Waals surface area contributed by atoms with Crippen LogP contribution in [0.15, 0.2) is 24.3 Å². The summed E-state index contributed by atoms with van der Waals surface area (Å²) in [7, 11) is 4.15. The number of thiol groups is 1. The van der Waals surface area contributed by atoms with E-state index in [1.54, 1.807) is 0 Å². The van der Waals surface area contributed by atoms with Gasteiger partial charge in [-0.15, -0.1) is 0 Å². The van der Waals surface area contributed by atoms with Crippen LogP contribution in [-0.2, 0) is 0 Å². The van der Waals surface area contributed by atoms with Gasteiger partial charge >= 0.3 is 0 Å². The molecular weight excluding hydrogens is 242 g/mol. The third kappa shape index (κ3) is 3.33. The summed E-state index contributed by atoms with van der Waals surface area (Å²) in [5.41, 5.74) is 2.60. The maximum Gasteiger partial charge on any atom is 0.0368 e. The molecule has 1 aliphatic heterocycles. The Hall–Kier alpha value is -0.870. The van der Waals surface area contributed by atoms with Crippen LogP contribution in [0.5, 0.6) is 0 Å². The minimum atomic E-state index is 0.956. The zero-order valence-corrected chi connectivity index (χ0v) is 12.2. The minimum Gasteiger partial charge on any atom is -0.378 e. The van der Waals surface area contributed by atoms with E-state index < -0.39 is 0 Å². The van der Waals surface area contributed by atoms with Crippen LogP contribution >= 0.6 is 12.6 Å². The molecule has 0 aliphatic carbocycles. The molecule has 1 heterocycles. The zero-order valence-electron chi connectivity index (χ0n) is 11.3. The molecule has 100 valence electrons. The van der Waals surface area contributed by atoms with Crippen LogP contribution in [0.4, 0.5) is 11.4 Å². The lowest BCUT2D eigenvalue weighted by Gasteiger charge is -2.36. The molecule has 4 heteroatoms. The quantitative estimate of drug-likeness (QED) is 0.832. The molecule has 2 rings (SSSR count). The highest BCUT2D eigenvalue weighted by atomic mass is 32.1. The van der Waals surface area contributed by atoms with Crippen molar-refractivity contribution in [1.29, 1.82) is 0 Å². The highest BCUT2D eigenvalue weighted by Gasteiger charge is 2.16. The molecule has 0 saturated carbocycles. The molecule has 0 aromatic heterocycles. The van der Waals surface area contributed by atoms with Gasteiger partial charge in [0.1, 0.15) is 0 Å². The van der Waals surface area contributed by atoms with E-state index in [4.69, 9.17) is 0 Å². The summed E-state index contributed by atoms with van der Waals surface area (Å²) >= 11 is 4.29. The third-order valence-electron chi connectivity index (χ3n) is 3.52. The lowest BCUT2D eigenvalue weighted by Crippen LogP contribution is -2.46. The average Bonchev–Trinajstić information content (AvgIpc) is 2.40. The summed E-state index contributed by atoms with van der Waals surface area (Å²) in [5, 5.41) is 0. The highest BCUT2D eigenvalue weighted by molar-refractivity contribution is 7.80. The molecule has 0 spiro atoms. The van der Waals surface area contributed by atoms with Gasteiger partial charge in [0.25, 0.3) is 0 Å². The zero-order chi connectivity index (χ0) is 13.0. The summed E-state index contributed by atoms with van der Waals surface area (Å²) < 4.78 is 0. The molecule has 0 unspecified atom stereocenters. The maximum absolute atomic E-state index is 4.29. The summed E-state index contributed by atoms with van der Waals surface area (Å²) in [6, 6.07) is 8.83. The smallest absolute Gasteiger partial charge is 0.0368 e. The Balaban J connectivity index is 1.93. The Morgan fingerprint density at radius 2 is 1.67 bits per heavy atom. The first-order chi connectivity index (χ1) is 8.70. The summed E-state index contributed by atoms with van der Waals surface area (Å²) in [4.78, 5) is 7.08. The van der Waals surface area contributed by atoms with Gasteiger partial charge in [-0.05, 0) is 24.3 Å². The van der Waals surface area contributed by atoms with E-state index in [-0.39, 0.29) is 0 Å². The fourth-order valence-corrected chi connectivity index (χ4v) is 2.62. The van der Waals surface area contributed by atoms with E-state index >= 15 is 0 Å². The number of anilines is 2. The number of benzene rings is 1. The van der Waals surface area contributed by atoms with Gasteiger partial charge in [0.05, 0.1) is 0 Å². The van der Waals surface area contributed by atoms with Gasteiger partial charge in [0, 0.05) is 63.9 Å². The fraction of sp³-hybridized carbons (Fsp3) is 0.571. The molecule has 0 amide bonds. The van der Waals surface area contributed by atoms with Gasteiger partial charge in [-0.3, -0.25) is 4.90 Å². The van der Waals surface area contributed by atoms with Crippen LogP contribution < -0.4 is 9.80 Å². The third-order valence-corrected chi connectivity index (χ3v) is 3.72. The van der Waals surface area contributed by atoms with E-state index in [0.29, 0.717) is 0 Å². The van der Waals surface area contributed by atoms with Gasteiger partial charge in [0.15, 0.2) is 0 Å². The minimum absolute atomic E-state index is 0.956. The summed E-state index contributed by atoms with van der Waals surface area (Å²) in [6.07, 6.45) is 0. The average molecular weight is 265 g/mol. The molecule has 18 heavy (non-hydrogen) atoms. The van der Waals surface area contributed by atoms with Crippen molar-refractivity contribution >= 4 is 24.0 Å². The predicted octanol–water partition coefficient (Wildman–Crippen LogP) is 1.80. The second-order valence-corrected chi connectivity index (χ2v) is 5.41. The first kappa shape index (κ1) is 13.6. The molecular formula is C14H23N3S. The lowest BCUT2D eigenvalue weighted by atomic mass is 10.2. The standard InChI is InChI=1S/C14H23N3S/c1-15(2)13-3-5-14(6-4-13)17-9-7-16(8-10-17)11-12-18/h3-6,18H,7-12H2,1-2H3. The van der Waals surface area contributed by atoms with E-state index in [0.717, 1.165) is 38.5 Å². The van der Waals surface area contributed by atoms with E-state index in [2.05, 4.69) is 65.7 Å². The molecule has 1 saturated heterocycles. The van der Waals surface area contributed by atoms with E-state index in [9.17, 15) is 0 Å². The van der Waals surface area contributed by atoms with Crippen molar-refractivity contribution in [3.8, 4) is 0 Å². The van der Waals surface area contributed by atoms with Crippen molar-refractivity contribution in [2.75, 3.05) is 62.4 Å². The highest BCUT2D eigenvalue weighted by Crippen LogP contribution is 2.20. The van der Waals surface area contributed by atoms with Crippen molar-refractivity contribution in [2.45, 2.75) is 0 Å². The Morgan fingerprint density at radius 1 is 1.06 bits per heavy atom. The van der Waals surface area contributed by atoms with E-state index in [1.807, 2.05) is 0 Å². The van der Waals surface area contributed by atoms with Crippen LogP contribution in [-0.4, -0.2) is 57.5 Å². The van der Waals surface area contributed by atoms with Gasteiger partial charge in [-0.1, -0.05) is 0 Å². The molecule has 1 aromatic carbocycles. The molecule has 3 nitrogen and oxygen atoms in total. The van der Waals surface area contributed by atoms with Gasteiger partial charge < -0.3 is 9.80 Å². The van der Waals surface area contributed by atoms with Crippen LogP contribution in [0, 0.1) is 0 Å². The molecule has 0 radical (unpaired) electrons.